The van der Waals surface area contributed by atoms with E-state index >= 15 is 0 Å². The van der Waals surface area contributed by atoms with Gasteiger partial charge in [0.2, 0.25) is 15.9 Å². The molecular formula is C16H18ClFN4O3S. The van der Waals surface area contributed by atoms with Crippen molar-refractivity contribution in [3.05, 3.63) is 41.4 Å². The second kappa shape index (κ2) is 7.73. The molecule has 1 aromatic carbocycles. The fraction of sp³-hybridized carbons (Fsp3) is 0.375. The topological polar surface area (TPSA) is 75.6 Å². The number of ether oxygens (including phenoxy) is 1. The van der Waals surface area contributed by atoms with Crippen LogP contribution in [0.2, 0.25) is 5.02 Å². The third-order valence-electron chi connectivity index (χ3n) is 4.06. The lowest BCUT2D eigenvalue weighted by Gasteiger charge is -2.34. The fourth-order valence-electron chi connectivity index (χ4n) is 2.61. The van der Waals surface area contributed by atoms with Crippen LogP contribution in [-0.4, -0.2) is 54.6 Å². The van der Waals surface area contributed by atoms with Crippen LogP contribution in [0.5, 0.6) is 11.6 Å². The Bertz CT molecular complexity index is 889. The molecule has 1 saturated heterocycles. The van der Waals surface area contributed by atoms with Gasteiger partial charge in [-0.3, -0.25) is 0 Å². The number of halogens is 2. The summed E-state index contributed by atoms with van der Waals surface area (Å²) in [6.07, 6.45) is 1.33. The largest absolute Gasteiger partial charge is 0.436 e. The average Bonchev–Trinajstić information content (AvgIpc) is 2.64. The normalized spacial score (nSPS) is 15.9. The molecule has 0 unspecified atom stereocenters. The van der Waals surface area contributed by atoms with Crippen LogP contribution in [0.15, 0.2) is 30.6 Å². The van der Waals surface area contributed by atoms with Crippen LogP contribution in [0.4, 0.5) is 10.2 Å². The van der Waals surface area contributed by atoms with Crippen LogP contribution in [0.1, 0.15) is 6.92 Å². The van der Waals surface area contributed by atoms with Crippen LogP contribution in [0.25, 0.3) is 0 Å². The van der Waals surface area contributed by atoms with E-state index in [0.29, 0.717) is 32.0 Å². The number of aromatic nitrogens is 2. The first-order chi connectivity index (χ1) is 12.4. The van der Waals surface area contributed by atoms with Crippen molar-refractivity contribution in [2.75, 3.05) is 36.8 Å². The predicted octanol–water partition coefficient (Wildman–Crippen LogP) is 2.53. The zero-order chi connectivity index (χ0) is 18.7. The van der Waals surface area contributed by atoms with Gasteiger partial charge in [-0.15, -0.1) is 0 Å². The van der Waals surface area contributed by atoms with Crippen LogP contribution in [0, 0.1) is 5.82 Å². The molecule has 0 radical (unpaired) electrons. The molecule has 0 spiro atoms. The van der Waals surface area contributed by atoms with Gasteiger partial charge in [-0.25, -0.2) is 22.8 Å². The quantitative estimate of drug-likeness (QED) is 0.767. The smallest absolute Gasteiger partial charge is 0.224 e. The highest BCUT2D eigenvalue weighted by Crippen LogP contribution is 2.27. The summed E-state index contributed by atoms with van der Waals surface area (Å²) in [6.45, 7) is 3.42. The van der Waals surface area contributed by atoms with E-state index in [-0.39, 0.29) is 22.4 Å². The molecule has 1 aromatic heterocycles. The van der Waals surface area contributed by atoms with Gasteiger partial charge in [0.1, 0.15) is 12.1 Å². The van der Waals surface area contributed by atoms with Crippen LogP contribution in [-0.2, 0) is 10.0 Å². The monoisotopic (exact) mass is 400 g/mol. The third-order valence-corrected chi connectivity index (χ3v) is 6.17. The highest BCUT2D eigenvalue weighted by molar-refractivity contribution is 7.89. The van der Waals surface area contributed by atoms with Crippen molar-refractivity contribution in [3.63, 3.8) is 0 Å². The fourth-order valence-corrected chi connectivity index (χ4v) is 3.85. The molecule has 7 nitrogen and oxygen atoms in total. The Morgan fingerprint density at radius 3 is 2.58 bits per heavy atom. The van der Waals surface area contributed by atoms with Crippen LogP contribution >= 0.6 is 11.6 Å². The number of nitrogens with zero attached hydrogens (tertiary/aromatic N) is 4. The van der Waals surface area contributed by atoms with Crippen molar-refractivity contribution in [1.82, 2.24) is 14.3 Å². The number of hydrogen-bond donors (Lipinski definition) is 0. The zero-order valence-corrected chi connectivity index (χ0v) is 15.7. The van der Waals surface area contributed by atoms with Crippen molar-refractivity contribution < 1.29 is 17.5 Å². The number of piperazine rings is 1. The maximum absolute atomic E-state index is 13.9. The van der Waals surface area contributed by atoms with Crippen LogP contribution in [0.3, 0.4) is 0 Å². The number of benzene rings is 1. The molecule has 0 atom stereocenters. The molecule has 1 aliphatic heterocycles. The summed E-state index contributed by atoms with van der Waals surface area (Å²) >= 11 is 5.73. The lowest BCUT2D eigenvalue weighted by Crippen LogP contribution is -2.49. The van der Waals surface area contributed by atoms with Gasteiger partial charge in [0, 0.05) is 37.3 Å². The summed E-state index contributed by atoms with van der Waals surface area (Å²) in [7, 11) is -3.19. The second-order valence-electron chi connectivity index (χ2n) is 5.68. The Labute approximate surface area is 156 Å². The zero-order valence-electron chi connectivity index (χ0n) is 14.1. The Hall–Kier alpha value is -1.97. The standard InChI is InChI=1S/C16H18ClFN4O3S/c1-2-26(23,24)22-7-5-21(6-8-22)15-10-16(20-11-19-15)25-14-4-3-12(17)9-13(14)18/h3-4,9-11H,2,5-8H2,1H3. The summed E-state index contributed by atoms with van der Waals surface area (Å²) in [5.41, 5.74) is 0. The molecule has 10 heteroatoms. The van der Waals surface area contributed by atoms with Gasteiger partial charge in [0.25, 0.3) is 0 Å². The molecule has 0 aliphatic carbocycles. The van der Waals surface area contributed by atoms with Crippen molar-refractivity contribution in [3.8, 4) is 11.6 Å². The Morgan fingerprint density at radius 2 is 1.92 bits per heavy atom. The molecule has 0 amide bonds. The SMILES string of the molecule is CCS(=O)(=O)N1CCN(c2cc(Oc3ccc(Cl)cc3F)ncn2)CC1. The summed E-state index contributed by atoms with van der Waals surface area (Å²) in [6, 6.07) is 5.70. The molecule has 1 aliphatic rings. The van der Waals surface area contributed by atoms with E-state index in [0.717, 1.165) is 6.07 Å². The predicted molar refractivity (Wildman–Crippen MR) is 96.8 cm³/mol. The minimum absolute atomic E-state index is 0.0120. The first kappa shape index (κ1) is 18.8. The van der Waals surface area contributed by atoms with Gasteiger partial charge >= 0.3 is 0 Å². The summed E-state index contributed by atoms with van der Waals surface area (Å²) < 4.78 is 44.7. The van der Waals surface area contributed by atoms with E-state index in [1.807, 2.05) is 4.90 Å². The Morgan fingerprint density at radius 1 is 1.19 bits per heavy atom. The number of rotatable bonds is 5. The van der Waals surface area contributed by atoms with Crippen molar-refractivity contribution in [2.24, 2.45) is 0 Å². The highest BCUT2D eigenvalue weighted by Gasteiger charge is 2.26. The minimum Gasteiger partial charge on any atom is -0.436 e. The summed E-state index contributed by atoms with van der Waals surface area (Å²) in [4.78, 5) is 10.1. The van der Waals surface area contributed by atoms with E-state index < -0.39 is 15.8 Å². The van der Waals surface area contributed by atoms with E-state index in [1.54, 1.807) is 13.0 Å². The van der Waals surface area contributed by atoms with E-state index in [4.69, 9.17) is 16.3 Å². The lowest BCUT2D eigenvalue weighted by molar-refractivity contribution is 0.383. The number of anilines is 1. The van der Waals surface area contributed by atoms with Crippen molar-refractivity contribution >= 4 is 27.4 Å². The number of sulfonamides is 1. The van der Waals surface area contributed by atoms with Crippen molar-refractivity contribution in [2.45, 2.75) is 6.92 Å². The Balaban J connectivity index is 1.70. The molecule has 2 heterocycles. The molecule has 2 aromatic rings. The lowest BCUT2D eigenvalue weighted by atomic mass is 10.3. The van der Waals surface area contributed by atoms with Gasteiger partial charge in [-0.1, -0.05) is 11.6 Å². The molecule has 1 fully saturated rings. The molecule has 26 heavy (non-hydrogen) atoms. The minimum atomic E-state index is -3.19. The van der Waals surface area contributed by atoms with Gasteiger partial charge in [-0.05, 0) is 25.1 Å². The van der Waals surface area contributed by atoms with E-state index in [2.05, 4.69) is 9.97 Å². The van der Waals surface area contributed by atoms with Crippen molar-refractivity contribution in [1.29, 1.82) is 0 Å². The molecule has 0 bridgehead atoms. The van der Waals surface area contributed by atoms with Gasteiger partial charge in [0.15, 0.2) is 11.6 Å². The maximum Gasteiger partial charge on any atom is 0.224 e. The summed E-state index contributed by atoms with van der Waals surface area (Å²) in [5.74, 6) is 0.303. The van der Waals surface area contributed by atoms with Gasteiger partial charge < -0.3 is 9.64 Å². The average molecular weight is 401 g/mol. The third kappa shape index (κ3) is 4.22. The molecular weight excluding hydrogens is 383 g/mol. The highest BCUT2D eigenvalue weighted by atomic mass is 35.5. The molecule has 0 N–H and O–H groups in total. The molecule has 0 saturated carbocycles. The molecule has 3 rings (SSSR count). The van der Waals surface area contributed by atoms with Gasteiger partial charge in [0.05, 0.1) is 5.75 Å². The number of hydrogen-bond acceptors (Lipinski definition) is 6. The Kier molecular flexibility index (Phi) is 5.59. The molecule has 140 valence electrons. The maximum atomic E-state index is 13.9. The second-order valence-corrected chi connectivity index (χ2v) is 8.37. The van der Waals surface area contributed by atoms with E-state index in [9.17, 15) is 12.8 Å². The summed E-state index contributed by atoms with van der Waals surface area (Å²) in [5, 5.41) is 0.276. The first-order valence-corrected chi connectivity index (χ1v) is 10.1. The van der Waals surface area contributed by atoms with Crippen LogP contribution < -0.4 is 9.64 Å². The first-order valence-electron chi connectivity index (χ1n) is 8.07. The van der Waals surface area contributed by atoms with Gasteiger partial charge in [-0.2, -0.15) is 4.31 Å². The van der Waals surface area contributed by atoms with E-state index in [1.165, 1.54) is 22.8 Å².